The van der Waals surface area contributed by atoms with E-state index < -0.39 is 5.91 Å². The number of primary amides is 1. The van der Waals surface area contributed by atoms with Gasteiger partial charge in [0.05, 0.1) is 6.04 Å². The number of amides is 3. The predicted molar refractivity (Wildman–Crippen MR) is 95.1 cm³/mol. The van der Waals surface area contributed by atoms with Crippen molar-refractivity contribution >= 4 is 23.5 Å². The zero-order valence-corrected chi connectivity index (χ0v) is 14.1. The van der Waals surface area contributed by atoms with Gasteiger partial charge in [0.1, 0.15) is 0 Å². The van der Waals surface area contributed by atoms with E-state index in [9.17, 15) is 9.59 Å². The maximum atomic E-state index is 11.9. The maximum absolute atomic E-state index is 11.9. The van der Waals surface area contributed by atoms with Crippen LogP contribution in [0.4, 0.5) is 4.79 Å². The number of nitrogens with one attached hydrogen (secondary N) is 2. The minimum Gasteiger partial charge on any atom is -0.366 e. The number of urea groups is 1. The Kier molecular flexibility index (Phi) is 6.21. The van der Waals surface area contributed by atoms with Gasteiger partial charge in [-0.05, 0) is 48.7 Å². The van der Waals surface area contributed by atoms with Gasteiger partial charge >= 0.3 is 6.03 Å². The number of halogens is 1. The number of rotatable bonds is 6. The monoisotopic (exact) mass is 345 g/mol. The average Bonchev–Trinajstić information content (AvgIpc) is 2.55. The van der Waals surface area contributed by atoms with Crippen molar-refractivity contribution in [2.24, 2.45) is 5.73 Å². The van der Waals surface area contributed by atoms with Gasteiger partial charge in [0.15, 0.2) is 0 Å². The third-order valence-electron chi connectivity index (χ3n) is 3.61. The van der Waals surface area contributed by atoms with Crippen molar-refractivity contribution in [3.63, 3.8) is 0 Å². The predicted octanol–water partition coefficient (Wildman–Crippen LogP) is 3.04. The Balaban J connectivity index is 1.81. The number of hydrogen-bond acceptors (Lipinski definition) is 2. The van der Waals surface area contributed by atoms with E-state index in [0.717, 1.165) is 11.1 Å². The molecule has 2 aromatic rings. The van der Waals surface area contributed by atoms with Crippen LogP contribution < -0.4 is 16.4 Å². The Morgan fingerprint density at radius 3 is 2.62 bits per heavy atom. The molecule has 0 aromatic heterocycles. The fourth-order valence-corrected chi connectivity index (χ4v) is 2.51. The first-order chi connectivity index (χ1) is 11.5. The summed E-state index contributed by atoms with van der Waals surface area (Å²) in [6, 6.07) is 14.0. The highest BCUT2D eigenvalue weighted by atomic mass is 35.5. The molecule has 126 valence electrons. The van der Waals surface area contributed by atoms with Gasteiger partial charge in [0, 0.05) is 17.1 Å². The molecule has 0 aliphatic heterocycles. The van der Waals surface area contributed by atoms with Gasteiger partial charge in [-0.2, -0.15) is 0 Å². The lowest BCUT2D eigenvalue weighted by atomic mass is 10.1. The third-order valence-corrected chi connectivity index (χ3v) is 3.84. The summed E-state index contributed by atoms with van der Waals surface area (Å²) in [5.41, 5.74) is 7.59. The van der Waals surface area contributed by atoms with E-state index in [-0.39, 0.29) is 12.1 Å². The van der Waals surface area contributed by atoms with E-state index in [0.29, 0.717) is 23.6 Å². The van der Waals surface area contributed by atoms with Gasteiger partial charge < -0.3 is 16.4 Å². The van der Waals surface area contributed by atoms with Gasteiger partial charge in [0.2, 0.25) is 5.91 Å². The molecule has 2 rings (SSSR count). The Morgan fingerprint density at radius 1 is 1.17 bits per heavy atom. The molecule has 0 radical (unpaired) electrons. The molecule has 0 spiro atoms. The number of hydrogen-bond donors (Lipinski definition) is 3. The van der Waals surface area contributed by atoms with Gasteiger partial charge in [0.25, 0.3) is 0 Å². The van der Waals surface area contributed by atoms with E-state index in [1.165, 1.54) is 0 Å². The quantitative estimate of drug-likeness (QED) is 0.751. The maximum Gasteiger partial charge on any atom is 0.315 e. The molecule has 0 bridgehead atoms. The topological polar surface area (TPSA) is 84.2 Å². The standard InChI is InChI=1S/C18H20ClN3O2/c1-12(14-5-3-7-16(19)11-14)22-18(24)21-9-8-13-4-2-6-15(10-13)17(20)23/h2-7,10-12H,8-9H2,1H3,(H2,20,23)(H2,21,22,24)/t12-/m1/s1. The summed E-state index contributed by atoms with van der Waals surface area (Å²) in [6.45, 7) is 2.35. The Hall–Kier alpha value is -2.53. The Labute approximate surface area is 146 Å². The largest absolute Gasteiger partial charge is 0.366 e. The second kappa shape index (κ2) is 8.36. The van der Waals surface area contributed by atoms with Gasteiger partial charge in [-0.15, -0.1) is 0 Å². The molecule has 2 aromatic carbocycles. The normalized spacial score (nSPS) is 11.6. The molecule has 0 aliphatic rings. The van der Waals surface area contributed by atoms with E-state index in [1.54, 1.807) is 24.3 Å². The van der Waals surface area contributed by atoms with E-state index in [1.807, 2.05) is 31.2 Å². The van der Waals surface area contributed by atoms with Gasteiger partial charge in [-0.1, -0.05) is 35.9 Å². The zero-order valence-electron chi connectivity index (χ0n) is 13.4. The molecule has 4 N–H and O–H groups in total. The van der Waals surface area contributed by atoms with E-state index >= 15 is 0 Å². The zero-order chi connectivity index (χ0) is 17.5. The molecule has 24 heavy (non-hydrogen) atoms. The average molecular weight is 346 g/mol. The summed E-state index contributed by atoms with van der Waals surface area (Å²) < 4.78 is 0. The fraction of sp³-hybridized carbons (Fsp3) is 0.222. The van der Waals surface area contributed by atoms with Crippen LogP contribution in [0.15, 0.2) is 48.5 Å². The molecule has 0 fully saturated rings. The summed E-state index contributed by atoms with van der Waals surface area (Å²) in [5.74, 6) is -0.460. The molecule has 1 atom stereocenters. The molecule has 6 heteroatoms. The number of carbonyl (C=O) groups is 2. The van der Waals surface area contributed by atoms with Crippen molar-refractivity contribution in [2.75, 3.05) is 6.54 Å². The lowest BCUT2D eigenvalue weighted by molar-refractivity contribution is 0.1000. The van der Waals surface area contributed by atoms with Crippen LogP contribution in [0, 0.1) is 0 Å². The highest BCUT2D eigenvalue weighted by molar-refractivity contribution is 6.30. The Bertz CT molecular complexity index is 734. The van der Waals surface area contributed by atoms with Gasteiger partial charge in [-0.25, -0.2) is 4.79 Å². The van der Waals surface area contributed by atoms with Crippen LogP contribution in [-0.2, 0) is 6.42 Å². The molecule has 0 unspecified atom stereocenters. The summed E-state index contributed by atoms with van der Waals surface area (Å²) >= 11 is 5.95. The lowest BCUT2D eigenvalue weighted by Gasteiger charge is -2.15. The van der Waals surface area contributed by atoms with Crippen LogP contribution in [0.25, 0.3) is 0 Å². The molecule has 0 heterocycles. The molecule has 0 aliphatic carbocycles. The van der Waals surface area contributed by atoms with Crippen molar-refractivity contribution in [1.82, 2.24) is 10.6 Å². The van der Waals surface area contributed by atoms with Crippen LogP contribution in [0.3, 0.4) is 0 Å². The summed E-state index contributed by atoms with van der Waals surface area (Å²) in [6.07, 6.45) is 0.611. The molecule has 0 saturated carbocycles. The number of carbonyl (C=O) groups excluding carboxylic acids is 2. The summed E-state index contributed by atoms with van der Waals surface area (Å²) in [5, 5.41) is 6.29. The molecule has 5 nitrogen and oxygen atoms in total. The highest BCUT2D eigenvalue weighted by Gasteiger charge is 2.09. The first-order valence-electron chi connectivity index (χ1n) is 7.64. The molecule has 0 saturated heterocycles. The first kappa shape index (κ1) is 17.8. The van der Waals surface area contributed by atoms with Crippen LogP contribution in [-0.4, -0.2) is 18.5 Å². The SMILES string of the molecule is C[C@@H](NC(=O)NCCc1cccc(C(N)=O)c1)c1cccc(Cl)c1. The lowest BCUT2D eigenvalue weighted by Crippen LogP contribution is -2.38. The van der Waals surface area contributed by atoms with Crippen LogP contribution in [0.1, 0.15) is 34.5 Å². The van der Waals surface area contributed by atoms with E-state index in [2.05, 4.69) is 10.6 Å². The van der Waals surface area contributed by atoms with Crippen molar-refractivity contribution in [3.05, 3.63) is 70.2 Å². The van der Waals surface area contributed by atoms with Crippen LogP contribution in [0.5, 0.6) is 0 Å². The van der Waals surface area contributed by atoms with Crippen molar-refractivity contribution in [2.45, 2.75) is 19.4 Å². The van der Waals surface area contributed by atoms with Crippen LogP contribution >= 0.6 is 11.6 Å². The summed E-state index contributed by atoms with van der Waals surface area (Å²) in [7, 11) is 0. The summed E-state index contributed by atoms with van der Waals surface area (Å²) in [4.78, 5) is 23.1. The van der Waals surface area contributed by atoms with Crippen molar-refractivity contribution < 1.29 is 9.59 Å². The van der Waals surface area contributed by atoms with E-state index in [4.69, 9.17) is 17.3 Å². The number of benzene rings is 2. The minimum absolute atomic E-state index is 0.151. The van der Waals surface area contributed by atoms with Crippen LogP contribution in [0.2, 0.25) is 5.02 Å². The fourth-order valence-electron chi connectivity index (χ4n) is 2.31. The highest BCUT2D eigenvalue weighted by Crippen LogP contribution is 2.17. The molecular weight excluding hydrogens is 326 g/mol. The molecular formula is C18H20ClN3O2. The van der Waals surface area contributed by atoms with Crippen molar-refractivity contribution in [3.8, 4) is 0 Å². The number of nitrogens with two attached hydrogens (primary N) is 1. The second-order valence-electron chi connectivity index (χ2n) is 5.49. The molecule has 3 amide bonds. The third kappa shape index (κ3) is 5.28. The van der Waals surface area contributed by atoms with Crippen molar-refractivity contribution in [1.29, 1.82) is 0 Å². The van der Waals surface area contributed by atoms with Gasteiger partial charge in [-0.3, -0.25) is 4.79 Å². The minimum atomic E-state index is -0.460. The Morgan fingerprint density at radius 2 is 1.92 bits per heavy atom. The second-order valence-corrected chi connectivity index (χ2v) is 5.93. The first-order valence-corrected chi connectivity index (χ1v) is 8.02. The smallest absolute Gasteiger partial charge is 0.315 e.